The number of carbonyl (C=O) groups is 2. The van der Waals surface area contributed by atoms with E-state index in [0.29, 0.717) is 18.9 Å². The second-order valence-corrected chi connectivity index (χ2v) is 8.29. The molecule has 0 aliphatic carbocycles. The van der Waals surface area contributed by atoms with Crippen LogP contribution >= 0.6 is 0 Å². The summed E-state index contributed by atoms with van der Waals surface area (Å²) in [6, 6.07) is 12.2. The van der Waals surface area contributed by atoms with E-state index in [0.717, 1.165) is 47.2 Å². The minimum atomic E-state index is -1.47. The van der Waals surface area contributed by atoms with Gasteiger partial charge in [0.05, 0.1) is 5.69 Å². The molecule has 7 rings (SSSR count). The molecule has 4 aliphatic rings. The molecular formula is C23H21N5O4. The van der Waals surface area contributed by atoms with Crippen LogP contribution < -0.4 is 4.90 Å². The van der Waals surface area contributed by atoms with Gasteiger partial charge in [0.2, 0.25) is 0 Å². The number of hydrogen-bond donors (Lipinski definition) is 1. The Morgan fingerprint density at radius 1 is 0.969 bits per heavy atom. The van der Waals surface area contributed by atoms with E-state index in [4.69, 9.17) is 9.47 Å². The molecule has 3 fully saturated rings. The van der Waals surface area contributed by atoms with Gasteiger partial charge in [0, 0.05) is 53.9 Å². The van der Waals surface area contributed by atoms with Crippen LogP contribution in [0.2, 0.25) is 0 Å². The molecule has 162 valence electrons. The van der Waals surface area contributed by atoms with Gasteiger partial charge >= 0.3 is 17.8 Å². The van der Waals surface area contributed by atoms with Crippen LogP contribution in [-0.4, -0.2) is 63.6 Å². The van der Waals surface area contributed by atoms with Crippen LogP contribution in [0.3, 0.4) is 0 Å². The molecule has 2 bridgehead atoms. The van der Waals surface area contributed by atoms with Crippen LogP contribution in [0.15, 0.2) is 54.7 Å². The molecule has 9 heteroatoms. The SMILES string of the molecule is O=C1C=CC(=O)OC2(CN(c3ccc(-c4ccc5[nH]ccc5c4)nn3)C3CCN2CC3)O1. The average Bonchev–Trinajstić information content (AvgIpc) is 3.11. The van der Waals surface area contributed by atoms with Gasteiger partial charge in [-0.3, -0.25) is 0 Å². The van der Waals surface area contributed by atoms with Crippen molar-refractivity contribution >= 4 is 28.7 Å². The molecular weight excluding hydrogens is 410 g/mol. The number of ether oxygens (including phenoxy) is 2. The van der Waals surface area contributed by atoms with Gasteiger partial charge in [-0.25, -0.2) is 14.5 Å². The summed E-state index contributed by atoms with van der Waals surface area (Å²) in [6.07, 6.45) is 5.81. The number of esters is 2. The molecule has 0 unspecified atom stereocenters. The van der Waals surface area contributed by atoms with E-state index in [2.05, 4.69) is 21.2 Å². The summed E-state index contributed by atoms with van der Waals surface area (Å²) in [4.78, 5) is 31.5. The van der Waals surface area contributed by atoms with Crippen molar-refractivity contribution < 1.29 is 19.1 Å². The van der Waals surface area contributed by atoms with E-state index in [1.54, 1.807) is 0 Å². The maximum absolute atomic E-state index is 12.2. The smallest absolute Gasteiger partial charge is 0.339 e. The fraction of sp³-hybridized carbons (Fsp3) is 0.304. The minimum Gasteiger partial charge on any atom is -0.403 e. The van der Waals surface area contributed by atoms with E-state index in [1.165, 1.54) is 0 Å². The summed E-state index contributed by atoms with van der Waals surface area (Å²) >= 11 is 0. The van der Waals surface area contributed by atoms with Crippen LogP contribution in [0, 0.1) is 0 Å². The lowest BCUT2D eigenvalue weighted by molar-refractivity contribution is -0.274. The van der Waals surface area contributed by atoms with Gasteiger partial charge in [-0.15, -0.1) is 10.2 Å². The quantitative estimate of drug-likeness (QED) is 0.617. The highest BCUT2D eigenvalue weighted by molar-refractivity contribution is 5.93. The highest BCUT2D eigenvalue weighted by Gasteiger charge is 2.52. The van der Waals surface area contributed by atoms with Crippen molar-refractivity contribution in [3.05, 3.63) is 54.7 Å². The predicted molar refractivity (Wildman–Crippen MR) is 115 cm³/mol. The number of nitrogens with zero attached hydrogens (tertiary/aromatic N) is 4. The molecule has 3 saturated heterocycles. The lowest BCUT2D eigenvalue weighted by Crippen LogP contribution is -2.58. The first-order valence-electron chi connectivity index (χ1n) is 10.7. The third kappa shape index (κ3) is 3.13. The number of H-pyrrole nitrogens is 1. The third-order valence-electron chi connectivity index (χ3n) is 6.43. The maximum atomic E-state index is 12.2. The fourth-order valence-corrected chi connectivity index (χ4v) is 4.81. The zero-order valence-electron chi connectivity index (χ0n) is 17.2. The largest absolute Gasteiger partial charge is 0.403 e. The molecule has 1 spiro atoms. The van der Waals surface area contributed by atoms with Crippen LogP contribution in [0.25, 0.3) is 22.2 Å². The van der Waals surface area contributed by atoms with Gasteiger partial charge < -0.3 is 19.4 Å². The van der Waals surface area contributed by atoms with E-state index in [-0.39, 0.29) is 12.6 Å². The summed E-state index contributed by atoms with van der Waals surface area (Å²) < 4.78 is 11.3. The number of fused-ring (bicyclic) bond motifs is 4. The summed E-state index contributed by atoms with van der Waals surface area (Å²) in [7, 11) is 0. The summed E-state index contributed by atoms with van der Waals surface area (Å²) in [5, 5.41) is 10.1. The van der Waals surface area contributed by atoms with E-state index < -0.39 is 17.8 Å². The number of benzene rings is 1. The van der Waals surface area contributed by atoms with Gasteiger partial charge in [0.25, 0.3) is 0 Å². The molecule has 1 N–H and O–H groups in total. The zero-order chi connectivity index (χ0) is 21.7. The number of aromatic nitrogens is 3. The Labute approximate surface area is 183 Å². The summed E-state index contributed by atoms with van der Waals surface area (Å²) in [6.45, 7) is 1.49. The Morgan fingerprint density at radius 3 is 2.47 bits per heavy atom. The van der Waals surface area contributed by atoms with Crippen LogP contribution in [0.1, 0.15) is 12.8 Å². The number of hydrogen-bond acceptors (Lipinski definition) is 8. The van der Waals surface area contributed by atoms with E-state index in [1.807, 2.05) is 46.3 Å². The molecule has 3 aromatic rings. The van der Waals surface area contributed by atoms with Crippen LogP contribution in [0.4, 0.5) is 5.82 Å². The Morgan fingerprint density at radius 2 is 1.75 bits per heavy atom. The minimum absolute atomic E-state index is 0.181. The number of piperidine rings is 1. The Hall–Kier alpha value is -3.72. The molecule has 0 saturated carbocycles. The van der Waals surface area contributed by atoms with Crippen molar-refractivity contribution in [1.82, 2.24) is 20.1 Å². The third-order valence-corrected chi connectivity index (χ3v) is 6.43. The van der Waals surface area contributed by atoms with Gasteiger partial charge in [0.15, 0.2) is 5.82 Å². The van der Waals surface area contributed by atoms with Crippen molar-refractivity contribution in [2.75, 3.05) is 24.5 Å². The number of nitrogens with one attached hydrogen (secondary N) is 1. The Balaban J connectivity index is 1.33. The summed E-state index contributed by atoms with van der Waals surface area (Å²) in [5.74, 6) is -2.00. The monoisotopic (exact) mass is 431 g/mol. The molecule has 0 atom stereocenters. The van der Waals surface area contributed by atoms with Crippen molar-refractivity contribution in [1.29, 1.82) is 0 Å². The summed E-state index contributed by atoms with van der Waals surface area (Å²) in [5.41, 5.74) is 2.82. The first-order chi connectivity index (χ1) is 15.6. The number of carbonyl (C=O) groups excluding carboxylic acids is 2. The molecule has 4 aliphatic heterocycles. The first kappa shape index (κ1) is 19.0. The lowest BCUT2D eigenvalue weighted by atomic mass is 10.1. The number of anilines is 1. The second-order valence-electron chi connectivity index (χ2n) is 8.29. The highest BCUT2D eigenvalue weighted by Crippen LogP contribution is 2.36. The topological polar surface area (TPSA) is 101 Å². The van der Waals surface area contributed by atoms with Gasteiger partial charge in [0.1, 0.15) is 6.54 Å². The van der Waals surface area contributed by atoms with Crippen LogP contribution in [-0.2, 0) is 19.1 Å². The molecule has 0 amide bonds. The molecule has 9 nitrogen and oxygen atoms in total. The van der Waals surface area contributed by atoms with Gasteiger partial charge in [-0.2, -0.15) is 0 Å². The molecule has 0 radical (unpaired) electrons. The normalized spacial score (nSPS) is 24.3. The Bertz CT molecular complexity index is 1210. The zero-order valence-corrected chi connectivity index (χ0v) is 17.2. The highest BCUT2D eigenvalue weighted by atomic mass is 16.8. The molecule has 2 aromatic heterocycles. The number of aromatic amines is 1. The van der Waals surface area contributed by atoms with Gasteiger partial charge in [-0.05, 0) is 43.2 Å². The van der Waals surface area contributed by atoms with Crippen molar-refractivity contribution in [3.8, 4) is 11.3 Å². The van der Waals surface area contributed by atoms with Crippen molar-refractivity contribution in [2.45, 2.75) is 24.8 Å². The van der Waals surface area contributed by atoms with E-state index in [9.17, 15) is 9.59 Å². The van der Waals surface area contributed by atoms with Gasteiger partial charge in [-0.1, -0.05) is 6.07 Å². The van der Waals surface area contributed by atoms with Crippen molar-refractivity contribution in [3.63, 3.8) is 0 Å². The number of rotatable bonds is 2. The molecule has 1 aromatic carbocycles. The molecule has 6 heterocycles. The van der Waals surface area contributed by atoms with E-state index >= 15 is 0 Å². The first-order valence-corrected chi connectivity index (χ1v) is 10.7. The van der Waals surface area contributed by atoms with Crippen molar-refractivity contribution in [2.24, 2.45) is 0 Å². The second kappa shape index (κ2) is 7.16. The lowest BCUT2D eigenvalue weighted by Gasteiger charge is -2.39. The maximum Gasteiger partial charge on any atom is 0.339 e. The van der Waals surface area contributed by atoms with Crippen LogP contribution in [0.5, 0.6) is 0 Å². The standard InChI is InChI=1S/C23H21N5O4/c29-21-5-6-22(30)32-23(31-21)14-28(17-8-11-27(23)12-9-17)20-4-3-19(25-26-20)15-1-2-18-16(13-15)7-10-24-18/h1-7,10,13,17,24H,8-9,11-12,14H2. The predicted octanol–water partition coefficient (Wildman–Crippen LogP) is 2.22. The Kier molecular flexibility index (Phi) is 4.25. The molecule has 32 heavy (non-hydrogen) atoms. The fourth-order valence-electron chi connectivity index (χ4n) is 4.81. The average molecular weight is 431 g/mol.